The van der Waals surface area contributed by atoms with E-state index in [9.17, 15) is 9.59 Å². The predicted molar refractivity (Wildman–Crippen MR) is 83.4 cm³/mol. The summed E-state index contributed by atoms with van der Waals surface area (Å²) in [5.74, 6) is 0.339. The van der Waals surface area contributed by atoms with Crippen molar-refractivity contribution >= 4 is 34.1 Å². The van der Waals surface area contributed by atoms with Crippen LogP contribution >= 0.6 is 11.3 Å². The molecule has 2 rings (SSSR count). The number of nitrogens with zero attached hydrogens (tertiary/aromatic N) is 2. The first kappa shape index (κ1) is 15.6. The fourth-order valence-electron chi connectivity index (χ4n) is 1.98. The highest BCUT2D eigenvalue weighted by Crippen LogP contribution is 2.26. The smallest absolute Gasteiger partial charge is 0.268 e. The number of nitrogens with two attached hydrogens (primary N) is 1. The lowest BCUT2D eigenvalue weighted by atomic mass is 10.2. The van der Waals surface area contributed by atoms with E-state index >= 15 is 0 Å². The molecule has 4 N–H and O–H groups in total. The maximum absolute atomic E-state index is 12.5. The van der Waals surface area contributed by atoms with Gasteiger partial charge in [0, 0.05) is 19.6 Å². The zero-order valence-corrected chi connectivity index (χ0v) is 13.1. The molecule has 116 valence electrons. The number of nitrogens with one attached hydrogen (secondary N) is 2. The molecule has 7 nitrogen and oxygen atoms in total. The number of anilines is 2. The van der Waals surface area contributed by atoms with Gasteiger partial charge in [-0.25, -0.2) is 4.98 Å². The van der Waals surface area contributed by atoms with Crippen LogP contribution < -0.4 is 16.4 Å². The van der Waals surface area contributed by atoms with E-state index in [1.165, 1.54) is 16.2 Å². The van der Waals surface area contributed by atoms with E-state index in [1.54, 1.807) is 0 Å². The minimum absolute atomic E-state index is 0.0743. The zero-order chi connectivity index (χ0) is 15.4. The molecule has 0 aromatic carbocycles. The summed E-state index contributed by atoms with van der Waals surface area (Å²) in [6, 6.07) is 0. The molecule has 1 fully saturated rings. The van der Waals surface area contributed by atoms with Gasteiger partial charge in [0.1, 0.15) is 10.7 Å². The summed E-state index contributed by atoms with van der Waals surface area (Å²) in [5.41, 5.74) is 5.84. The molecule has 2 amide bonds. The third-order valence-electron chi connectivity index (χ3n) is 3.06. The molecule has 1 saturated heterocycles. The number of thiazole rings is 1. The summed E-state index contributed by atoms with van der Waals surface area (Å²) in [6.07, 6.45) is 0.745. The molecule has 0 aliphatic carbocycles. The van der Waals surface area contributed by atoms with Crippen molar-refractivity contribution < 1.29 is 9.59 Å². The molecule has 21 heavy (non-hydrogen) atoms. The molecular formula is C13H21N5O2S. The van der Waals surface area contributed by atoms with Crippen molar-refractivity contribution in [1.82, 2.24) is 15.2 Å². The van der Waals surface area contributed by atoms with Gasteiger partial charge < -0.3 is 21.3 Å². The number of carbonyl (C=O) groups excluding carboxylic acids is 2. The van der Waals surface area contributed by atoms with Gasteiger partial charge in [0.05, 0.1) is 6.54 Å². The van der Waals surface area contributed by atoms with Crippen LogP contribution in [-0.2, 0) is 4.79 Å². The van der Waals surface area contributed by atoms with Gasteiger partial charge >= 0.3 is 0 Å². The van der Waals surface area contributed by atoms with Crippen LogP contribution in [0.15, 0.2) is 0 Å². The molecule has 0 spiro atoms. The molecule has 8 heteroatoms. The average molecular weight is 311 g/mol. The van der Waals surface area contributed by atoms with E-state index in [-0.39, 0.29) is 24.2 Å². The molecule has 1 aliphatic rings. The second kappa shape index (κ2) is 6.75. The summed E-state index contributed by atoms with van der Waals surface area (Å²) in [6.45, 7) is 6.17. The van der Waals surface area contributed by atoms with E-state index in [1.807, 2.05) is 0 Å². The Morgan fingerprint density at radius 1 is 1.57 bits per heavy atom. The Labute approximate surface area is 127 Å². The second-order valence-electron chi connectivity index (χ2n) is 5.44. The summed E-state index contributed by atoms with van der Waals surface area (Å²) in [7, 11) is 0. The average Bonchev–Trinajstić information content (AvgIpc) is 2.65. The van der Waals surface area contributed by atoms with Gasteiger partial charge in [-0.3, -0.25) is 9.59 Å². The van der Waals surface area contributed by atoms with Crippen LogP contribution in [0.2, 0.25) is 0 Å². The van der Waals surface area contributed by atoms with Crippen molar-refractivity contribution in [2.24, 2.45) is 5.92 Å². The van der Waals surface area contributed by atoms with Crippen LogP contribution in [0.25, 0.3) is 0 Å². The Hall–Kier alpha value is -1.83. The van der Waals surface area contributed by atoms with Gasteiger partial charge in [0.25, 0.3) is 5.91 Å². The third kappa shape index (κ3) is 4.07. The lowest BCUT2D eigenvalue weighted by Gasteiger charge is -2.17. The summed E-state index contributed by atoms with van der Waals surface area (Å²) in [4.78, 5) is 30.1. The van der Waals surface area contributed by atoms with Crippen LogP contribution in [0, 0.1) is 5.92 Å². The SMILES string of the molecule is CC(C)CNc1nc(N)c(C(=O)N2CCCNC(=O)C2)s1. The standard InChI is InChI=1S/C13H21N5O2S/c1-8(2)6-16-13-17-11(14)10(21-13)12(20)18-5-3-4-15-9(19)7-18/h8H,3-7,14H2,1-2H3,(H,15,19)(H,16,17). The third-order valence-corrected chi connectivity index (χ3v) is 4.07. The molecule has 1 aromatic rings. The zero-order valence-electron chi connectivity index (χ0n) is 12.3. The number of amides is 2. The maximum Gasteiger partial charge on any atom is 0.268 e. The number of nitrogen functional groups attached to an aromatic ring is 1. The Kier molecular flexibility index (Phi) is 5.00. The number of hydrogen-bond donors (Lipinski definition) is 3. The number of rotatable bonds is 4. The van der Waals surface area contributed by atoms with Crippen LogP contribution in [-0.4, -0.2) is 47.9 Å². The highest BCUT2D eigenvalue weighted by atomic mass is 32.1. The molecular weight excluding hydrogens is 290 g/mol. The van der Waals surface area contributed by atoms with E-state index in [0.29, 0.717) is 29.0 Å². The monoisotopic (exact) mass is 311 g/mol. The van der Waals surface area contributed by atoms with Crippen molar-refractivity contribution in [2.75, 3.05) is 37.2 Å². The number of hydrogen-bond acceptors (Lipinski definition) is 6. The first-order valence-electron chi connectivity index (χ1n) is 7.03. The van der Waals surface area contributed by atoms with E-state index in [4.69, 9.17) is 5.73 Å². The van der Waals surface area contributed by atoms with Gasteiger partial charge in [-0.2, -0.15) is 0 Å². The lowest BCUT2D eigenvalue weighted by molar-refractivity contribution is -0.121. The predicted octanol–water partition coefficient (Wildman–Crippen LogP) is 0.755. The molecule has 1 aromatic heterocycles. The summed E-state index contributed by atoms with van der Waals surface area (Å²) < 4.78 is 0. The molecule has 0 radical (unpaired) electrons. The van der Waals surface area contributed by atoms with E-state index in [2.05, 4.69) is 29.5 Å². The van der Waals surface area contributed by atoms with Gasteiger partial charge in [-0.15, -0.1) is 0 Å². The largest absolute Gasteiger partial charge is 0.382 e. The maximum atomic E-state index is 12.5. The van der Waals surface area contributed by atoms with Crippen LogP contribution in [0.5, 0.6) is 0 Å². The normalized spacial score (nSPS) is 15.8. The van der Waals surface area contributed by atoms with Crippen molar-refractivity contribution in [3.8, 4) is 0 Å². The first-order valence-corrected chi connectivity index (χ1v) is 7.85. The Morgan fingerprint density at radius 3 is 3.05 bits per heavy atom. The van der Waals surface area contributed by atoms with Crippen molar-refractivity contribution in [1.29, 1.82) is 0 Å². The number of aromatic nitrogens is 1. The molecule has 2 heterocycles. The summed E-state index contributed by atoms with van der Waals surface area (Å²) >= 11 is 1.24. The minimum Gasteiger partial charge on any atom is -0.382 e. The van der Waals surface area contributed by atoms with Gasteiger partial charge in [0.15, 0.2) is 5.13 Å². The Morgan fingerprint density at radius 2 is 2.33 bits per heavy atom. The van der Waals surface area contributed by atoms with Crippen molar-refractivity contribution in [2.45, 2.75) is 20.3 Å². The highest BCUT2D eigenvalue weighted by molar-refractivity contribution is 7.18. The minimum atomic E-state index is -0.223. The van der Waals surface area contributed by atoms with Gasteiger partial charge in [-0.05, 0) is 12.3 Å². The van der Waals surface area contributed by atoms with Crippen LogP contribution in [0.4, 0.5) is 10.9 Å². The summed E-state index contributed by atoms with van der Waals surface area (Å²) in [5, 5.41) is 6.55. The molecule has 0 bridgehead atoms. The van der Waals surface area contributed by atoms with E-state index in [0.717, 1.165) is 13.0 Å². The molecule has 0 unspecified atom stereocenters. The fourth-order valence-corrected chi connectivity index (χ4v) is 2.83. The lowest BCUT2D eigenvalue weighted by Crippen LogP contribution is -2.37. The van der Waals surface area contributed by atoms with Crippen LogP contribution in [0.1, 0.15) is 29.9 Å². The van der Waals surface area contributed by atoms with Crippen molar-refractivity contribution in [3.63, 3.8) is 0 Å². The van der Waals surface area contributed by atoms with Gasteiger partial charge in [0.2, 0.25) is 5.91 Å². The first-order chi connectivity index (χ1) is 9.97. The van der Waals surface area contributed by atoms with E-state index < -0.39 is 0 Å². The Bertz CT molecular complexity index is 529. The fraction of sp³-hybridized carbons (Fsp3) is 0.615. The number of carbonyl (C=O) groups is 2. The molecule has 0 atom stereocenters. The topological polar surface area (TPSA) is 100 Å². The second-order valence-corrected chi connectivity index (χ2v) is 6.44. The van der Waals surface area contributed by atoms with Crippen LogP contribution in [0.3, 0.4) is 0 Å². The van der Waals surface area contributed by atoms with Gasteiger partial charge in [-0.1, -0.05) is 25.2 Å². The molecule has 0 saturated carbocycles. The quantitative estimate of drug-likeness (QED) is 0.762. The highest BCUT2D eigenvalue weighted by Gasteiger charge is 2.25. The van der Waals surface area contributed by atoms with Crippen molar-refractivity contribution in [3.05, 3.63) is 4.88 Å². The molecule has 1 aliphatic heterocycles. The Balaban J connectivity index is 2.09.